The number of carboxylic acids is 1. The maximum absolute atomic E-state index is 10.4. The number of hydrogen-bond acceptors (Lipinski definition) is 4. The Kier molecular flexibility index (Phi) is 4.48. The molecule has 1 aliphatic heterocycles. The van der Waals surface area contributed by atoms with Crippen molar-refractivity contribution in [2.45, 2.75) is 32.1 Å². The van der Waals surface area contributed by atoms with Gasteiger partial charge >= 0.3 is 5.97 Å². The summed E-state index contributed by atoms with van der Waals surface area (Å²) in [5, 5.41) is 8.58. The quantitative estimate of drug-likeness (QED) is 0.875. The lowest BCUT2D eigenvalue weighted by atomic mass is 9.99. The maximum atomic E-state index is 10.4. The van der Waals surface area contributed by atoms with Crippen molar-refractivity contribution in [1.29, 1.82) is 0 Å². The lowest BCUT2D eigenvalue weighted by molar-refractivity contribution is -0.137. The second-order valence-corrected chi connectivity index (χ2v) is 5.60. The van der Waals surface area contributed by atoms with E-state index in [-0.39, 0.29) is 6.42 Å². The normalized spacial score (nSPS) is 17.2. The molecule has 0 saturated carbocycles. The molecular formula is C12H17NO3S. The molecule has 0 amide bonds. The smallest absolute Gasteiger partial charge is 0.303 e. The lowest BCUT2D eigenvalue weighted by Gasteiger charge is -2.19. The fourth-order valence-electron chi connectivity index (χ4n) is 1.99. The van der Waals surface area contributed by atoms with Gasteiger partial charge in [0.15, 0.2) is 5.89 Å². The molecule has 2 heterocycles. The van der Waals surface area contributed by atoms with Crippen LogP contribution < -0.4 is 0 Å². The molecule has 1 aromatic rings. The van der Waals surface area contributed by atoms with Crippen LogP contribution in [0, 0.1) is 5.92 Å². The van der Waals surface area contributed by atoms with E-state index in [1.54, 1.807) is 6.20 Å². The van der Waals surface area contributed by atoms with Crippen LogP contribution in [0.15, 0.2) is 10.6 Å². The Hall–Kier alpha value is -0.970. The third-order valence-electron chi connectivity index (χ3n) is 2.99. The van der Waals surface area contributed by atoms with Gasteiger partial charge in [0.25, 0.3) is 0 Å². The molecule has 4 nitrogen and oxygen atoms in total. The molecule has 94 valence electrons. The van der Waals surface area contributed by atoms with Crippen LogP contribution in [0.2, 0.25) is 0 Å². The third-order valence-corrected chi connectivity index (χ3v) is 4.04. The van der Waals surface area contributed by atoms with Crippen LogP contribution >= 0.6 is 11.8 Å². The lowest BCUT2D eigenvalue weighted by Crippen LogP contribution is -2.12. The van der Waals surface area contributed by atoms with E-state index in [2.05, 4.69) is 4.98 Å². The number of hydrogen-bond donors (Lipinski definition) is 1. The molecular weight excluding hydrogens is 238 g/mol. The van der Waals surface area contributed by atoms with Crippen molar-refractivity contribution < 1.29 is 14.3 Å². The first-order chi connectivity index (χ1) is 8.24. The molecule has 1 saturated heterocycles. The van der Waals surface area contributed by atoms with Gasteiger partial charge in [0.2, 0.25) is 0 Å². The average molecular weight is 255 g/mol. The second kappa shape index (κ2) is 6.10. The first-order valence-corrected chi connectivity index (χ1v) is 7.12. The maximum Gasteiger partial charge on any atom is 0.303 e. The molecule has 1 aromatic heterocycles. The van der Waals surface area contributed by atoms with E-state index in [1.165, 1.54) is 24.3 Å². The van der Waals surface area contributed by atoms with Crippen LogP contribution in [0.3, 0.4) is 0 Å². The van der Waals surface area contributed by atoms with Crippen molar-refractivity contribution in [3.8, 4) is 0 Å². The summed E-state index contributed by atoms with van der Waals surface area (Å²) in [6.45, 7) is 0. The Bertz CT molecular complexity index is 372. The van der Waals surface area contributed by atoms with Gasteiger partial charge in [-0.3, -0.25) is 4.79 Å². The van der Waals surface area contributed by atoms with Crippen LogP contribution in [-0.4, -0.2) is 27.6 Å². The van der Waals surface area contributed by atoms with Crippen LogP contribution in [0.5, 0.6) is 0 Å². The highest BCUT2D eigenvalue weighted by molar-refractivity contribution is 7.99. The van der Waals surface area contributed by atoms with Gasteiger partial charge in [-0.15, -0.1) is 0 Å². The molecule has 0 bridgehead atoms. The Morgan fingerprint density at radius 3 is 3.00 bits per heavy atom. The number of oxazole rings is 1. The molecule has 0 spiro atoms. The summed E-state index contributed by atoms with van der Waals surface area (Å²) in [6, 6.07) is 0. The molecule has 0 aliphatic carbocycles. The van der Waals surface area contributed by atoms with Crippen LogP contribution in [0.25, 0.3) is 0 Å². The van der Waals surface area contributed by atoms with E-state index in [4.69, 9.17) is 9.52 Å². The van der Waals surface area contributed by atoms with Crippen LogP contribution in [0.1, 0.15) is 30.9 Å². The highest BCUT2D eigenvalue weighted by Crippen LogP contribution is 2.25. The first-order valence-electron chi connectivity index (χ1n) is 5.97. The number of aromatic nitrogens is 1. The fraction of sp³-hybridized carbons (Fsp3) is 0.667. The van der Waals surface area contributed by atoms with Crippen molar-refractivity contribution in [2.24, 2.45) is 5.92 Å². The number of thioether (sulfide) groups is 1. The van der Waals surface area contributed by atoms with E-state index < -0.39 is 5.97 Å². The zero-order chi connectivity index (χ0) is 12.1. The molecule has 1 fully saturated rings. The third kappa shape index (κ3) is 4.07. The Balaban J connectivity index is 1.82. The Labute approximate surface area is 105 Å². The SMILES string of the molecule is O=C(O)CCc1cnc(CC2CCSCC2)o1. The zero-order valence-corrected chi connectivity index (χ0v) is 10.5. The number of nitrogens with zero attached hydrogens (tertiary/aromatic N) is 1. The van der Waals surface area contributed by atoms with Gasteiger partial charge in [0.05, 0.1) is 12.6 Å². The van der Waals surface area contributed by atoms with Gasteiger partial charge in [-0.2, -0.15) is 11.8 Å². The minimum Gasteiger partial charge on any atom is -0.481 e. The second-order valence-electron chi connectivity index (χ2n) is 4.37. The minimum absolute atomic E-state index is 0.106. The van der Waals surface area contributed by atoms with Gasteiger partial charge < -0.3 is 9.52 Å². The minimum atomic E-state index is -0.799. The Morgan fingerprint density at radius 2 is 2.29 bits per heavy atom. The number of rotatable bonds is 5. The summed E-state index contributed by atoms with van der Waals surface area (Å²) in [5.41, 5.74) is 0. The molecule has 2 rings (SSSR count). The average Bonchev–Trinajstić information content (AvgIpc) is 2.75. The van der Waals surface area contributed by atoms with E-state index in [1.807, 2.05) is 11.8 Å². The molecule has 0 aromatic carbocycles. The van der Waals surface area contributed by atoms with E-state index in [0.717, 1.165) is 12.3 Å². The van der Waals surface area contributed by atoms with E-state index in [0.29, 0.717) is 18.1 Å². The highest BCUT2D eigenvalue weighted by atomic mass is 32.2. The number of aliphatic carboxylic acids is 1. The fourth-order valence-corrected chi connectivity index (χ4v) is 3.19. The predicted octanol–water partition coefficient (Wildman–Crippen LogP) is 2.38. The number of aryl methyl sites for hydroxylation is 1. The standard InChI is InChI=1S/C12H17NO3S/c14-12(15)2-1-10-8-13-11(16-10)7-9-3-5-17-6-4-9/h8-9H,1-7H2,(H,14,15). The van der Waals surface area contributed by atoms with Crippen molar-refractivity contribution >= 4 is 17.7 Å². The van der Waals surface area contributed by atoms with Crippen molar-refractivity contribution in [2.75, 3.05) is 11.5 Å². The highest BCUT2D eigenvalue weighted by Gasteiger charge is 2.17. The molecule has 1 N–H and O–H groups in total. The zero-order valence-electron chi connectivity index (χ0n) is 9.72. The van der Waals surface area contributed by atoms with Gasteiger partial charge in [0.1, 0.15) is 5.76 Å². The molecule has 1 aliphatic rings. The number of carbonyl (C=O) groups is 1. The summed E-state index contributed by atoms with van der Waals surface area (Å²) < 4.78 is 5.56. The van der Waals surface area contributed by atoms with Crippen LogP contribution in [0.4, 0.5) is 0 Å². The van der Waals surface area contributed by atoms with Crippen molar-refractivity contribution in [1.82, 2.24) is 4.98 Å². The summed E-state index contributed by atoms with van der Waals surface area (Å²) in [4.78, 5) is 14.7. The first kappa shape index (κ1) is 12.5. The van der Waals surface area contributed by atoms with Gasteiger partial charge in [-0.1, -0.05) is 0 Å². The van der Waals surface area contributed by atoms with Gasteiger partial charge in [-0.05, 0) is 30.3 Å². The summed E-state index contributed by atoms with van der Waals surface area (Å²) in [5.74, 6) is 3.80. The summed E-state index contributed by atoms with van der Waals surface area (Å²) in [6.07, 6.45) is 5.57. The van der Waals surface area contributed by atoms with Crippen molar-refractivity contribution in [3.63, 3.8) is 0 Å². The molecule has 0 atom stereocenters. The largest absolute Gasteiger partial charge is 0.481 e. The predicted molar refractivity (Wildman–Crippen MR) is 66.2 cm³/mol. The number of carboxylic acid groups (broad SMARTS) is 1. The molecule has 0 radical (unpaired) electrons. The van der Waals surface area contributed by atoms with Gasteiger partial charge in [0, 0.05) is 12.8 Å². The summed E-state index contributed by atoms with van der Waals surface area (Å²) >= 11 is 2.01. The molecule has 5 heteroatoms. The molecule has 0 unspecified atom stereocenters. The van der Waals surface area contributed by atoms with Crippen LogP contribution in [-0.2, 0) is 17.6 Å². The van der Waals surface area contributed by atoms with Crippen molar-refractivity contribution in [3.05, 3.63) is 17.8 Å². The topological polar surface area (TPSA) is 63.3 Å². The summed E-state index contributed by atoms with van der Waals surface area (Å²) in [7, 11) is 0. The van der Waals surface area contributed by atoms with E-state index >= 15 is 0 Å². The monoisotopic (exact) mass is 255 g/mol. The van der Waals surface area contributed by atoms with Gasteiger partial charge in [-0.25, -0.2) is 4.98 Å². The molecule has 17 heavy (non-hydrogen) atoms. The van der Waals surface area contributed by atoms with E-state index in [9.17, 15) is 4.79 Å². The Morgan fingerprint density at radius 1 is 1.53 bits per heavy atom.